The zero-order valence-electron chi connectivity index (χ0n) is 11.6. The smallest absolute Gasteiger partial charge is 0.234 e. The van der Waals surface area contributed by atoms with Crippen LogP contribution in [0.2, 0.25) is 0 Å². The second kappa shape index (κ2) is 7.88. The molecule has 1 N–H and O–H groups in total. The van der Waals surface area contributed by atoms with Crippen molar-refractivity contribution in [3.8, 4) is 0 Å². The Bertz CT molecular complexity index is 349. The number of hydrogen-bond donors (Lipinski definition) is 1. The van der Waals surface area contributed by atoms with Gasteiger partial charge in [0.25, 0.3) is 0 Å². The molecule has 0 radical (unpaired) electrons. The van der Waals surface area contributed by atoms with Crippen LogP contribution < -0.4 is 5.32 Å². The predicted molar refractivity (Wildman–Crippen MR) is 75.3 cm³/mol. The highest BCUT2D eigenvalue weighted by Crippen LogP contribution is 2.04. The van der Waals surface area contributed by atoms with E-state index < -0.39 is 0 Å². The van der Waals surface area contributed by atoms with Gasteiger partial charge in [-0.25, -0.2) is 0 Å². The number of carbonyl (C=O) groups excluding carboxylic acids is 1. The molecule has 0 spiro atoms. The Kier molecular flexibility index (Phi) is 6.44. The molecule has 0 bridgehead atoms. The molecule has 1 rings (SSSR count). The van der Waals surface area contributed by atoms with E-state index in [4.69, 9.17) is 0 Å². The molecular weight excluding hydrogens is 224 g/mol. The van der Waals surface area contributed by atoms with Gasteiger partial charge in [0.2, 0.25) is 5.91 Å². The molecule has 0 aliphatic carbocycles. The third-order valence-corrected chi connectivity index (χ3v) is 2.61. The van der Waals surface area contributed by atoms with E-state index in [-0.39, 0.29) is 11.9 Å². The molecule has 0 saturated carbocycles. The summed E-state index contributed by atoms with van der Waals surface area (Å²) < 4.78 is 0. The second-order valence-electron chi connectivity index (χ2n) is 4.92. The van der Waals surface area contributed by atoms with Gasteiger partial charge in [0.1, 0.15) is 0 Å². The third kappa shape index (κ3) is 5.82. The Morgan fingerprint density at radius 3 is 2.50 bits per heavy atom. The van der Waals surface area contributed by atoms with Crippen molar-refractivity contribution in [2.24, 2.45) is 0 Å². The molecule has 0 unspecified atom stereocenters. The lowest BCUT2D eigenvalue weighted by Gasteiger charge is -2.21. The van der Waals surface area contributed by atoms with Gasteiger partial charge >= 0.3 is 0 Å². The molecule has 0 saturated heterocycles. The maximum atomic E-state index is 11.8. The van der Waals surface area contributed by atoms with Gasteiger partial charge in [0.05, 0.1) is 6.54 Å². The minimum atomic E-state index is 0.106. The third-order valence-electron chi connectivity index (χ3n) is 2.61. The molecule has 0 aliphatic heterocycles. The van der Waals surface area contributed by atoms with Crippen LogP contribution in [0.3, 0.4) is 0 Å². The van der Waals surface area contributed by atoms with Crippen molar-refractivity contribution in [2.45, 2.75) is 39.8 Å². The van der Waals surface area contributed by atoms with Crippen molar-refractivity contribution in [1.29, 1.82) is 0 Å². The summed E-state index contributed by atoms with van der Waals surface area (Å²) in [4.78, 5) is 14.0. The first-order valence-corrected chi connectivity index (χ1v) is 6.67. The summed E-state index contributed by atoms with van der Waals surface area (Å²) in [5.41, 5.74) is 1.25. The van der Waals surface area contributed by atoms with Gasteiger partial charge < -0.3 is 5.32 Å². The van der Waals surface area contributed by atoms with E-state index in [1.165, 1.54) is 5.56 Å². The van der Waals surface area contributed by atoms with Crippen molar-refractivity contribution >= 4 is 5.91 Å². The minimum absolute atomic E-state index is 0.106. The zero-order chi connectivity index (χ0) is 13.4. The summed E-state index contributed by atoms with van der Waals surface area (Å²) in [6, 6.07) is 10.5. The largest absolute Gasteiger partial charge is 0.353 e. The van der Waals surface area contributed by atoms with Gasteiger partial charge in [-0.1, -0.05) is 37.3 Å². The highest BCUT2D eigenvalue weighted by Gasteiger charge is 2.11. The van der Waals surface area contributed by atoms with E-state index in [2.05, 4.69) is 29.3 Å². The normalized spacial score (nSPS) is 10.9. The van der Waals surface area contributed by atoms with Gasteiger partial charge in [-0.2, -0.15) is 0 Å². The first-order chi connectivity index (χ1) is 8.61. The highest BCUT2D eigenvalue weighted by molar-refractivity contribution is 5.78. The Hall–Kier alpha value is -1.35. The highest BCUT2D eigenvalue weighted by atomic mass is 16.2. The van der Waals surface area contributed by atoms with Gasteiger partial charge in [-0.15, -0.1) is 0 Å². The quantitative estimate of drug-likeness (QED) is 0.803. The predicted octanol–water partition coefficient (Wildman–Crippen LogP) is 2.42. The van der Waals surface area contributed by atoms with Crippen molar-refractivity contribution in [3.05, 3.63) is 35.9 Å². The summed E-state index contributed by atoms with van der Waals surface area (Å²) in [6.45, 7) is 8.36. The number of rotatable bonds is 7. The monoisotopic (exact) mass is 248 g/mol. The van der Waals surface area contributed by atoms with Crippen LogP contribution in [0, 0.1) is 0 Å². The number of nitrogens with zero attached hydrogens (tertiary/aromatic N) is 1. The Morgan fingerprint density at radius 2 is 1.94 bits per heavy atom. The number of nitrogens with one attached hydrogen (secondary N) is 1. The fourth-order valence-corrected chi connectivity index (χ4v) is 1.94. The van der Waals surface area contributed by atoms with E-state index in [1.807, 2.05) is 32.0 Å². The van der Waals surface area contributed by atoms with Crippen molar-refractivity contribution < 1.29 is 4.79 Å². The van der Waals surface area contributed by atoms with Crippen LogP contribution in [0.15, 0.2) is 30.3 Å². The Morgan fingerprint density at radius 1 is 1.28 bits per heavy atom. The van der Waals surface area contributed by atoms with Crippen molar-refractivity contribution in [2.75, 3.05) is 13.1 Å². The van der Waals surface area contributed by atoms with E-state index in [9.17, 15) is 4.79 Å². The molecular formula is C15H24N2O. The maximum Gasteiger partial charge on any atom is 0.234 e. The summed E-state index contributed by atoms with van der Waals surface area (Å²) in [6.07, 6.45) is 1.06. The lowest BCUT2D eigenvalue weighted by atomic mass is 10.2. The Balaban J connectivity index is 2.52. The van der Waals surface area contributed by atoms with Crippen molar-refractivity contribution in [3.63, 3.8) is 0 Å². The van der Waals surface area contributed by atoms with Gasteiger partial charge in [-0.05, 0) is 32.4 Å². The van der Waals surface area contributed by atoms with E-state index in [1.54, 1.807) is 0 Å². The molecule has 0 aromatic heterocycles. The fourth-order valence-electron chi connectivity index (χ4n) is 1.94. The first kappa shape index (κ1) is 14.7. The molecule has 0 heterocycles. The van der Waals surface area contributed by atoms with Crippen LogP contribution in [0.5, 0.6) is 0 Å². The molecule has 3 nitrogen and oxygen atoms in total. The molecule has 0 fully saturated rings. The second-order valence-corrected chi connectivity index (χ2v) is 4.92. The van der Waals surface area contributed by atoms with Gasteiger partial charge in [-0.3, -0.25) is 9.69 Å². The van der Waals surface area contributed by atoms with Crippen molar-refractivity contribution in [1.82, 2.24) is 10.2 Å². The van der Waals surface area contributed by atoms with Crippen LogP contribution >= 0.6 is 0 Å². The first-order valence-electron chi connectivity index (χ1n) is 6.67. The molecule has 100 valence electrons. The van der Waals surface area contributed by atoms with Gasteiger partial charge in [0.15, 0.2) is 0 Å². The van der Waals surface area contributed by atoms with Crippen LogP contribution in [0.25, 0.3) is 0 Å². The lowest BCUT2D eigenvalue weighted by molar-refractivity contribution is -0.122. The number of benzene rings is 1. The summed E-state index contributed by atoms with van der Waals surface area (Å²) >= 11 is 0. The van der Waals surface area contributed by atoms with Crippen LogP contribution in [-0.2, 0) is 11.3 Å². The lowest BCUT2D eigenvalue weighted by Crippen LogP contribution is -2.40. The molecule has 18 heavy (non-hydrogen) atoms. The average molecular weight is 248 g/mol. The molecule has 0 atom stereocenters. The summed E-state index contributed by atoms with van der Waals surface area (Å²) in [7, 11) is 0. The average Bonchev–Trinajstić information content (AvgIpc) is 2.29. The number of hydrogen-bond acceptors (Lipinski definition) is 2. The Labute approximate surface area is 110 Å². The molecule has 0 aliphatic rings. The summed E-state index contributed by atoms with van der Waals surface area (Å²) in [5, 5.41) is 2.94. The maximum absolute atomic E-state index is 11.8. The van der Waals surface area contributed by atoms with E-state index >= 15 is 0 Å². The molecule has 1 aromatic carbocycles. The standard InChI is InChI=1S/C15H24N2O/c1-4-10-17(12-15(18)16-13(2)3)11-14-8-6-5-7-9-14/h5-9,13H,4,10-12H2,1-3H3,(H,16,18). The zero-order valence-corrected chi connectivity index (χ0v) is 11.6. The fraction of sp³-hybridized carbons (Fsp3) is 0.533. The van der Waals surface area contributed by atoms with E-state index in [0.29, 0.717) is 6.54 Å². The van der Waals surface area contributed by atoms with Crippen LogP contribution in [0.1, 0.15) is 32.8 Å². The SMILES string of the molecule is CCCN(CC(=O)NC(C)C)Cc1ccccc1. The van der Waals surface area contributed by atoms with Crippen LogP contribution in [0.4, 0.5) is 0 Å². The van der Waals surface area contributed by atoms with E-state index in [0.717, 1.165) is 19.5 Å². The molecule has 1 amide bonds. The van der Waals surface area contributed by atoms with Crippen LogP contribution in [-0.4, -0.2) is 29.9 Å². The van der Waals surface area contributed by atoms with Gasteiger partial charge in [0, 0.05) is 12.6 Å². The number of carbonyl (C=O) groups is 1. The topological polar surface area (TPSA) is 32.3 Å². The molecule has 3 heteroatoms. The summed E-state index contributed by atoms with van der Waals surface area (Å²) in [5.74, 6) is 0.106. The minimum Gasteiger partial charge on any atom is -0.353 e. The molecule has 1 aromatic rings. The number of amides is 1.